The fourth-order valence-corrected chi connectivity index (χ4v) is 5.41. The second kappa shape index (κ2) is 11.2. The van der Waals surface area contributed by atoms with Crippen LogP contribution in [0.2, 0.25) is 0 Å². The van der Waals surface area contributed by atoms with Gasteiger partial charge in [0.15, 0.2) is 6.23 Å². The van der Waals surface area contributed by atoms with E-state index < -0.39 is 0 Å². The van der Waals surface area contributed by atoms with Crippen LogP contribution in [0.3, 0.4) is 0 Å². The maximum atomic E-state index is 9.44. The Morgan fingerprint density at radius 2 is 1.90 bits per heavy atom. The lowest BCUT2D eigenvalue weighted by molar-refractivity contribution is -0.0367. The zero-order valence-corrected chi connectivity index (χ0v) is 22.7. The quantitative estimate of drug-likeness (QED) is 0.401. The minimum absolute atomic E-state index is 0.0801. The fraction of sp³-hybridized carbons (Fsp3) is 0.483. The highest BCUT2D eigenvalue weighted by atomic mass is 16.5. The van der Waals surface area contributed by atoms with Crippen molar-refractivity contribution in [3.63, 3.8) is 0 Å². The topological polar surface area (TPSA) is 101 Å². The van der Waals surface area contributed by atoms with Gasteiger partial charge >= 0.3 is 0 Å². The van der Waals surface area contributed by atoms with Crippen LogP contribution in [-0.2, 0) is 24.8 Å². The van der Waals surface area contributed by atoms with E-state index in [1.807, 2.05) is 22.6 Å². The van der Waals surface area contributed by atoms with E-state index in [1.54, 1.807) is 4.68 Å². The van der Waals surface area contributed by atoms with Crippen molar-refractivity contribution in [3.8, 4) is 22.9 Å². The van der Waals surface area contributed by atoms with Crippen LogP contribution in [0.15, 0.2) is 24.4 Å². The first-order valence-electron chi connectivity index (χ1n) is 14.0. The van der Waals surface area contributed by atoms with E-state index in [2.05, 4.69) is 42.4 Å². The Labute approximate surface area is 227 Å². The molecule has 1 atom stereocenters. The third-order valence-electron chi connectivity index (χ3n) is 7.41. The van der Waals surface area contributed by atoms with Crippen molar-refractivity contribution in [3.05, 3.63) is 41.3 Å². The lowest BCUT2D eigenvalue weighted by Gasteiger charge is -2.23. The molecule has 1 fully saturated rings. The standard InChI is InChI=1S/C29H36N6O4/c1-3-24-21-10-11-25-22-18-20(9-12-26(22)35(32-25)27-8-4-5-15-37-27)23-19-30-33(2)28(23)38-16-7-17-39-29(21)34(31-24)13-6-14-36/h9-12,18-19,27,36H,3-8,13-17H2,1-2H3/b11-10+. The first kappa shape index (κ1) is 25.6. The van der Waals surface area contributed by atoms with Gasteiger partial charge in [0.05, 0.1) is 47.4 Å². The molecule has 1 saturated heterocycles. The van der Waals surface area contributed by atoms with Crippen LogP contribution in [0.5, 0.6) is 11.8 Å². The number of hydrogen-bond donors (Lipinski definition) is 1. The lowest BCUT2D eigenvalue weighted by atomic mass is 10.0. The summed E-state index contributed by atoms with van der Waals surface area (Å²) in [5.41, 5.74) is 5.78. The molecule has 0 amide bonds. The van der Waals surface area contributed by atoms with Crippen LogP contribution in [0.25, 0.3) is 34.2 Å². The van der Waals surface area contributed by atoms with Gasteiger partial charge in [-0.2, -0.15) is 15.3 Å². The molecule has 6 rings (SSSR count). The van der Waals surface area contributed by atoms with Gasteiger partial charge in [0.2, 0.25) is 11.8 Å². The summed E-state index contributed by atoms with van der Waals surface area (Å²) in [6, 6.07) is 6.41. The molecular formula is C29H36N6O4. The predicted octanol–water partition coefficient (Wildman–Crippen LogP) is 4.61. The molecule has 0 radical (unpaired) electrons. The maximum Gasteiger partial charge on any atom is 0.219 e. The predicted molar refractivity (Wildman–Crippen MR) is 149 cm³/mol. The van der Waals surface area contributed by atoms with Crippen molar-refractivity contribution >= 4 is 23.1 Å². The third-order valence-corrected chi connectivity index (χ3v) is 7.41. The monoisotopic (exact) mass is 532 g/mol. The highest BCUT2D eigenvalue weighted by Crippen LogP contribution is 2.36. The van der Waals surface area contributed by atoms with Gasteiger partial charge in [0, 0.05) is 38.6 Å². The summed E-state index contributed by atoms with van der Waals surface area (Å²) in [6.45, 7) is 4.50. The van der Waals surface area contributed by atoms with Gasteiger partial charge in [0.25, 0.3) is 0 Å². The van der Waals surface area contributed by atoms with Crippen molar-refractivity contribution < 1.29 is 19.3 Å². The summed E-state index contributed by atoms with van der Waals surface area (Å²) in [7, 11) is 1.90. The lowest BCUT2D eigenvalue weighted by Crippen LogP contribution is -2.19. The van der Waals surface area contributed by atoms with Crippen LogP contribution < -0.4 is 9.47 Å². The van der Waals surface area contributed by atoms with E-state index in [9.17, 15) is 5.11 Å². The van der Waals surface area contributed by atoms with E-state index in [0.717, 1.165) is 77.2 Å². The number of nitrogens with zero attached hydrogens (tertiary/aromatic N) is 6. The van der Waals surface area contributed by atoms with Gasteiger partial charge in [-0.1, -0.05) is 13.0 Å². The van der Waals surface area contributed by atoms with Gasteiger partial charge in [-0.05, 0) is 62.0 Å². The van der Waals surface area contributed by atoms with Crippen molar-refractivity contribution in [2.24, 2.45) is 7.05 Å². The second-order valence-electron chi connectivity index (χ2n) is 10.1. The summed E-state index contributed by atoms with van der Waals surface area (Å²) in [5.74, 6) is 1.44. The summed E-state index contributed by atoms with van der Waals surface area (Å²) in [6.07, 6.45) is 11.1. The van der Waals surface area contributed by atoms with Crippen LogP contribution >= 0.6 is 0 Å². The Balaban J connectivity index is 1.51. The van der Waals surface area contributed by atoms with Crippen LogP contribution in [-0.4, -0.2) is 60.9 Å². The summed E-state index contributed by atoms with van der Waals surface area (Å²) in [5, 5.41) is 24.8. The molecule has 0 aliphatic carbocycles. The Bertz CT molecular complexity index is 1480. The Kier molecular flexibility index (Phi) is 7.38. The van der Waals surface area contributed by atoms with E-state index >= 15 is 0 Å². The number of ether oxygens (including phenoxy) is 3. The van der Waals surface area contributed by atoms with Crippen molar-refractivity contribution in [1.82, 2.24) is 29.3 Å². The number of aryl methyl sites for hydroxylation is 3. The van der Waals surface area contributed by atoms with Gasteiger partial charge in [-0.15, -0.1) is 0 Å². The summed E-state index contributed by atoms with van der Waals surface area (Å²) < 4.78 is 24.3. The molecule has 1 unspecified atom stereocenters. The van der Waals surface area contributed by atoms with Crippen LogP contribution in [0.4, 0.5) is 0 Å². The molecule has 206 valence electrons. The highest BCUT2D eigenvalue weighted by molar-refractivity contribution is 5.93. The number of fused-ring (bicyclic) bond motifs is 4. The molecule has 1 aromatic carbocycles. The zero-order chi connectivity index (χ0) is 26.8. The molecule has 0 saturated carbocycles. The number of aliphatic hydroxyl groups is 1. The number of aromatic nitrogens is 6. The zero-order valence-electron chi connectivity index (χ0n) is 22.7. The van der Waals surface area contributed by atoms with Crippen LogP contribution in [0, 0.1) is 0 Å². The minimum Gasteiger partial charge on any atom is -0.477 e. The Morgan fingerprint density at radius 3 is 2.69 bits per heavy atom. The van der Waals surface area contributed by atoms with Crippen LogP contribution in [0.1, 0.15) is 62.2 Å². The molecule has 3 aromatic heterocycles. The van der Waals surface area contributed by atoms with Gasteiger partial charge < -0.3 is 19.3 Å². The Hall–Kier alpha value is -3.63. The van der Waals surface area contributed by atoms with E-state index in [0.29, 0.717) is 38.5 Å². The molecule has 1 N–H and O–H groups in total. The van der Waals surface area contributed by atoms with Crippen molar-refractivity contribution in [2.45, 2.75) is 58.2 Å². The highest BCUT2D eigenvalue weighted by Gasteiger charge is 2.23. The number of aliphatic hydroxyl groups excluding tert-OH is 1. The van der Waals surface area contributed by atoms with Crippen molar-refractivity contribution in [2.75, 3.05) is 26.4 Å². The molecule has 0 spiro atoms. The molecule has 2 aliphatic rings. The minimum atomic E-state index is -0.0801. The maximum absolute atomic E-state index is 9.44. The first-order chi connectivity index (χ1) is 19.2. The second-order valence-corrected chi connectivity index (χ2v) is 10.1. The molecule has 10 heteroatoms. The van der Waals surface area contributed by atoms with Gasteiger partial charge in [-0.3, -0.25) is 0 Å². The number of benzene rings is 1. The summed E-state index contributed by atoms with van der Waals surface area (Å²) >= 11 is 0. The Morgan fingerprint density at radius 1 is 1.03 bits per heavy atom. The molecule has 2 bridgehead atoms. The van der Waals surface area contributed by atoms with E-state index in [1.165, 1.54) is 0 Å². The first-order valence-corrected chi connectivity index (χ1v) is 14.0. The average Bonchev–Trinajstić information content (AvgIpc) is 3.63. The number of hydrogen-bond acceptors (Lipinski definition) is 7. The molecular weight excluding hydrogens is 496 g/mol. The van der Waals surface area contributed by atoms with E-state index in [4.69, 9.17) is 24.4 Å². The molecule has 4 aromatic rings. The SMILES string of the molecule is CCc1nn(CCCO)c2c1/C=C/c1nn(C3CCCCO3)c3ccc(cc13)-c1cnn(C)c1OCCCO2. The van der Waals surface area contributed by atoms with E-state index in [-0.39, 0.29) is 12.8 Å². The average molecular weight is 533 g/mol. The molecule has 39 heavy (non-hydrogen) atoms. The molecule has 10 nitrogen and oxygen atoms in total. The molecule has 5 heterocycles. The normalized spacial score (nSPS) is 18.6. The fourth-order valence-electron chi connectivity index (χ4n) is 5.41. The van der Waals surface area contributed by atoms with Gasteiger partial charge in [0.1, 0.15) is 0 Å². The van der Waals surface area contributed by atoms with Crippen molar-refractivity contribution in [1.29, 1.82) is 0 Å². The smallest absolute Gasteiger partial charge is 0.219 e. The number of rotatable bonds is 5. The largest absolute Gasteiger partial charge is 0.477 e. The molecule has 2 aliphatic heterocycles. The van der Waals surface area contributed by atoms with Gasteiger partial charge in [-0.25, -0.2) is 14.0 Å². The summed E-state index contributed by atoms with van der Waals surface area (Å²) in [4.78, 5) is 0. The third kappa shape index (κ3) is 4.94.